The maximum atomic E-state index is 12.6. The highest BCUT2D eigenvalue weighted by Gasteiger charge is 2.20. The molecule has 2 heterocycles. The molecule has 0 radical (unpaired) electrons. The molecule has 1 aliphatic rings. The van der Waals surface area contributed by atoms with Crippen LogP contribution in [0, 0.1) is 11.3 Å². The Kier molecular flexibility index (Phi) is 3.81. The van der Waals surface area contributed by atoms with Crippen LogP contribution in [-0.2, 0) is 18.4 Å². The fourth-order valence-electron chi connectivity index (χ4n) is 3.01. The van der Waals surface area contributed by atoms with E-state index < -0.39 is 0 Å². The van der Waals surface area contributed by atoms with Crippen LogP contribution in [0.5, 0.6) is 0 Å². The number of nitrogens with zero attached hydrogens (tertiary/aromatic N) is 3. The summed E-state index contributed by atoms with van der Waals surface area (Å²) in [6.45, 7) is 7.14. The molecule has 0 amide bonds. The SMILES string of the molecule is CC(C)(C)c1ccc(-c2nc3n(c(=O)c2C#N)CCCC3)cc1. The van der Waals surface area contributed by atoms with Gasteiger partial charge in [0.2, 0.25) is 0 Å². The summed E-state index contributed by atoms with van der Waals surface area (Å²) in [4.78, 5) is 17.2. The Bertz CT molecular complexity index is 833. The molecular weight excluding hydrogens is 286 g/mol. The zero-order valence-electron chi connectivity index (χ0n) is 13.9. The lowest BCUT2D eigenvalue weighted by atomic mass is 9.86. The molecule has 4 nitrogen and oxygen atoms in total. The van der Waals surface area contributed by atoms with Crippen LogP contribution < -0.4 is 5.56 Å². The third-order valence-electron chi connectivity index (χ3n) is 4.42. The second-order valence-electron chi connectivity index (χ2n) is 7.10. The minimum absolute atomic E-state index is 0.0689. The van der Waals surface area contributed by atoms with Gasteiger partial charge in [-0.2, -0.15) is 5.26 Å². The van der Waals surface area contributed by atoms with Gasteiger partial charge in [-0.1, -0.05) is 45.0 Å². The third-order valence-corrected chi connectivity index (χ3v) is 4.42. The lowest BCUT2D eigenvalue weighted by Gasteiger charge is -2.20. The highest BCUT2D eigenvalue weighted by molar-refractivity contribution is 5.66. The summed E-state index contributed by atoms with van der Waals surface area (Å²) in [5, 5.41) is 9.44. The highest BCUT2D eigenvalue weighted by Crippen LogP contribution is 2.27. The summed E-state index contributed by atoms with van der Waals surface area (Å²) in [6, 6.07) is 10.1. The summed E-state index contributed by atoms with van der Waals surface area (Å²) in [6.07, 6.45) is 2.81. The van der Waals surface area contributed by atoms with E-state index >= 15 is 0 Å². The van der Waals surface area contributed by atoms with Gasteiger partial charge in [0.15, 0.2) is 0 Å². The van der Waals surface area contributed by atoms with Crippen molar-refractivity contribution < 1.29 is 0 Å². The standard InChI is InChI=1S/C19H21N3O/c1-19(2,3)14-9-7-13(8-10-14)17-15(12-20)18(23)22-11-5-4-6-16(22)21-17/h7-10H,4-6,11H2,1-3H3. The molecule has 23 heavy (non-hydrogen) atoms. The number of nitriles is 1. The first-order valence-corrected chi connectivity index (χ1v) is 8.06. The maximum Gasteiger partial charge on any atom is 0.272 e. The van der Waals surface area contributed by atoms with Crippen molar-refractivity contribution in [2.24, 2.45) is 0 Å². The summed E-state index contributed by atoms with van der Waals surface area (Å²) < 4.78 is 1.66. The molecule has 1 aliphatic heterocycles. The Morgan fingerprint density at radius 3 is 2.48 bits per heavy atom. The molecule has 3 rings (SSSR count). The van der Waals surface area contributed by atoms with Crippen LogP contribution in [0.15, 0.2) is 29.1 Å². The Morgan fingerprint density at radius 1 is 1.17 bits per heavy atom. The molecule has 1 aromatic carbocycles. The molecule has 2 aromatic rings. The van der Waals surface area contributed by atoms with Gasteiger partial charge >= 0.3 is 0 Å². The molecule has 0 N–H and O–H groups in total. The van der Waals surface area contributed by atoms with Crippen molar-refractivity contribution >= 4 is 0 Å². The molecule has 0 saturated heterocycles. The first-order chi connectivity index (χ1) is 10.9. The average molecular weight is 307 g/mol. The van der Waals surface area contributed by atoms with Gasteiger partial charge in [0, 0.05) is 18.5 Å². The fraction of sp³-hybridized carbons (Fsp3) is 0.421. The van der Waals surface area contributed by atoms with Crippen molar-refractivity contribution in [3.8, 4) is 17.3 Å². The zero-order chi connectivity index (χ0) is 16.6. The molecule has 0 bridgehead atoms. The number of aromatic nitrogens is 2. The van der Waals surface area contributed by atoms with E-state index in [2.05, 4.69) is 44.0 Å². The topological polar surface area (TPSA) is 58.7 Å². The largest absolute Gasteiger partial charge is 0.296 e. The molecule has 118 valence electrons. The molecule has 0 atom stereocenters. The van der Waals surface area contributed by atoms with E-state index in [4.69, 9.17) is 0 Å². The second kappa shape index (κ2) is 5.66. The monoisotopic (exact) mass is 307 g/mol. The van der Waals surface area contributed by atoms with Crippen LogP contribution in [0.25, 0.3) is 11.3 Å². The number of hydrogen-bond donors (Lipinski definition) is 0. The van der Waals surface area contributed by atoms with Crippen LogP contribution >= 0.6 is 0 Å². The maximum absolute atomic E-state index is 12.6. The van der Waals surface area contributed by atoms with Gasteiger partial charge in [0.1, 0.15) is 17.5 Å². The van der Waals surface area contributed by atoms with E-state index in [0.29, 0.717) is 12.2 Å². The molecule has 4 heteroatoms. The Balaban J connectivity index is 2.15. The van der Waals surface area contributed by atoms with Crippen molar-refractivity contribution in [1.29, 1.82) is 5.26 Å². The van der Waals surface area contributed by atoms with E-state index in [-0.39, 0.29) is 16.5 Å². The minimum atomic E-state index is -0.202. The highest BCUT2D eigenvalue weighted by atomic mass is 16.1. The van der Waals surface area contributed by atoms with Gasteiger partial charge in [-0.3, -0.25) is 9.36 Å². The van der Waals surface area contributed by atoms with E-state index in [1.807, 2.05) is 12.1 Å². The molecule has 0 saturated carbocycles. The quantitative estimate of drug-likeness (QED) is 0.811. The molecule has 0 fully saturated rings. The molecule has 0 spiro atoms. The zero-order valence-corrected chi connectivity index (χ0v) is 13.9. The number of benzene rings is 1. The lowest BCUT2D eigenvalue weighted by molar-refractivity contribution is 0.496. The Morgan fingerprint density at radius 2 is 1.87 bits per heavy atom. The van der Waals surface area contributed by atoms with Crippen LogP contribution in [-0.4, -0.2) is 9.55 Å². The number of fused-ring (bicyclic) bond motifs is 1. The Labute approximate surface area is 136 Å². The fourth-order valence-corrected chi connectivity index (χ4v) is 3.01. The van der Waals surface area contributed by atoms with Crippen molar-refractivity contribution in [1.82, 2.24) is 9.55 Å². The third kappa shape index (κ3) is 2.79. The number of hydrogen-bond acceptors (Lipinski definition) is 3. The van der Waals surface area contributed by atoms with E-state index in [1.165, 1.54) is 5.56 Å². The van der Waals surface area contributed by atoms with Gasteiger partial charge < -0.3 is 0 Å². The second-order valence-corrected chi connectivity index (χ2v) is 7.10. The lowest BCUT2D eigenvalue weighted by Crippen LogP contribution is -2.30. The predicted molar refractivity (Wildman–Crippen MR) is 90.3 cm³/mol. The summed E-state index contributed by atoms with van der Waals surface area (Å²) in [7, 11) is 0. The van der Waals surface area contributed by atoms with Gasteiger partial charge in [0.25, 0.3) is 5.56 Å². The van der Waals surface area contributed by atoms with Crippen molar-refractivity contribution in [2.45, 2.75) is 52.0 Å². The van der Waals surface area contributed by atoms with Crippen LogP contribution in [0.1, 0.15) is 50.6 Å². The van der Waals surface area contributed by atoms with Gasteiger partial charge in [-0.15, -0.1) is 0 Å². The predicted octanol–water partition coefficient (Wildman–Crippen LogP) is 3.42. The van der Waals surface area contributed by atoms with Gasteiger partial charge in [-0.25, -0.2) is 4.98 Å². The van der Waals surface area contributed by atoms with Gasteiger partial charge in [0.05, 0.1) is 5.69 Å². The molecule has 0 unspecified atom stereocenters. The first kappa shape index (κ1) is 15.5. The summed E-state index contributed by atoms with van der Waals surface area (Å²) in [5.74, 6) is 0.801. The summed E-state index contributed by atoms with van der Waals surface area (Å²) in [5.41, 5.74) is 2.59. The van der Waals surface area contributed by atoms with Gasteiger partial charge in [-0.05, 0) is 23.8 Å². The number of rotatable bonds is 1. The molecule has 1 aromatic heterocycles. The molecule has 0 aliphatic carbocycles. The summed E-state index contributed by atoms with van der Waals surface area (Å²) >= 11 is 0. The minimum Gasteiger partial charge on any atom is -0.296 e. The van der Waals surface area contributed by atoms with Crippen LogP contribution in [0.2, 0.25) is 0 Å². The van der Waals surface area contributed by atoms with Crippen molar-refractivity contribution in [2.75, 3.05) is 0 Å². The van der Waals surface area contributed by atoms with E-state index in [1.54, 1.807) is 4.57 Å². The Hall–Kier alpha value is -2.41. The first-order valence-electron chi connectivity index (χ1n) is 8.06. The van der Waals surface area contributed by atoms with Crippen LogP contribution in [0.3, 0.4) is 0 Å². The van der Waals surface area contributed by atoms with Crippen molar-refractivity contribution in [3.05, 3.63) is 51.6 Å². The van der Waals surface area contributed by atoms with Crippen molar-refractivity contribution in [3.63, 3.8) is 0 Å². The van der Waals surface area contributed by atoms with E-state index in [0.717, 1.165) is 30.7 Å². The smallest absolute Gasteiger partial charge is 0.272 e. The molecular formula is C19H21N3O. The van der Waals surface area contributed by atoms with Crippen LogP contribution in [0.4, 0.5) is 0 Å². The normalized spacial score (nSPS) is 14.2. The number of aryl methyl sites for hydroxylation is 1. The average Bonchev–Trinajstić information content (AvgIpc) is 2.54. The van der Waals surface area contributed by atoms with E-state index in [9.17, 15) is 10.1 Å².